The van der Waals surface area contributed by atoms with Gasteiger partial charge >= 0.3 is 0 Å². The number of aromatic amines is 4. The van der Waals surface area contributed by atoms with Crippen molar-refractivity contribution in [3.05, 3.63) is 132 Å². The van der Waals surface area contributed by atoms with E-state index in [0.717, 1.165) is 44.1 Å². The van der Waals surface area contributed by atoms with Crippen LogP contribution in [-0.2, 0) is 13.1 Å². The van der Waals surface area contributed by atoms with E-state index in [0.29, 0.717) is 50.2 Å². The Hall–Kier alpha value is -6.50. The number of fused-ring (bicyclic) bond motifs is 4. The highest BCUT2D eigenvalue weighted by atomic mass is 15.4. The monoisotopic (exact) mass is 658 g/mol. The summed E-state index contributed by atoms with van der Waals surface area (Å²) in [7, 11) is 0. The number of anilines is 4. The van der Waals surface area contributed by atoms with Gasteiger partial charge in [0.2, 0.25) is 23.8 Å². The molecule has 0 radical (unpaired) electrons. The van der Waals surface area contributed by atoms with Gasteiger partial charge in [0.25, 0.3) is 0 Å². The van der Waals surface area contributed by atoms with Crippen LogP contribution in [0.3, 0.4) is 0 Å². The largest absolute Gasteiger partial charge is 0.324 e. The predicted molar refractivity (Wildman–Crippen MR) is 199 cm³/mol. The van der Waals surface area contributed by atoms with Gasteiger partial charge < -0.3 is 19.9 Å². The first kappa shape index (κ1) is 29.6. The lowest BCUT2D eigenvalue weighted by atomic mass is 10.1. The molecule has 0 fully saturated rings. The van der Waals surface area contributed by atoms with Crippen molar-refractivity contribution >= 4 is 67.9 Å². The molecule has 246 valence electrons. The number of para-hydroxylation sites is 8. The van der Waals surface area contributed by atoms with E-state index in [-0.39, 0.29) is 0 Å². The number of hydrogen-bond acceptors (Lipinski definition) is 8. The fourth-order valence-corrected chi connectivity index (χ4v) is 6.24. The lowest BCUT2D eigenvalue weighted by Gasteiger charge is -2.20. The van der Waals surface area contributed by atoms with Crippen molar-refractivity contribution in [1.82, 2.24) is 50.5 Å². The van der Waals surface area contributed by atoms with Gasteiger partial charge in [-0.15, -0.1) is 0 Å². The maximum atomic E-state index is 4.86. The first-order chi connectivity index (χ1) is 24.7. The molecule has 0 bridgehead atoms. The van der Waals surface area contributed by atoms with Crippen LogP contribution < -0.4 is 20.4 Å². The lowest BCUT2D eigenvalue weighted by Crippen LogP contribution is -2.32. The third-order valence-corrected chi connectivity index (χ3v) is 8.72. The highest BCUT2D eigenvalue weighted by Crippen LogP contribution is 2.26. The zero-order chi connectivity index (χ0) is 33.3. The molecule has 6 N–H and O–H groups in total. The highest BCUT2D eigenvalue weighted by molar-refractivity contribution is 5.82. The molecule has 0 saturated carbocycles. The third kappa shape index (κ3) is 5.89. The lowest BCUT2D eigenvalue weighted by molar-refractivity contribution is 0.670. The average Bonchev–Trinajstić information content (AvgIpc) is 3.96. The molecule has 0 unspecified atom stereocenters. The quantitative estimate of drug-likeness (QED) is 0.0773. The third-order valence-electron chi connectivity index (χ3n) is 8.72. The molecule has 12 nitrogen and oxygen atoms in total. The SMILES string of the molecule is c1cc(CNCN(c2nc3ccccc3[nH]2)c2nc3ccccc3[nH]2)cc(CNCN(c2nc3ccccc3[nH]2)c2nc3ccccc3[nH]2)c1. The molecule has 50 heavy (non-hydrogen) atoms. The Morgan fingerprint density at radius 2 is 0.720 bits per heavy atom. The summed E-state index contributed by atoms with van der Waals surface area (Å²) in [6, 6.07) is 40.7. The Bertz CT molecular complexity index is 2100. The molecule has 0 aliphatic rings. The van der Waals surface area contributed by atoms with E-state index < -0.39 is 0 Å². The molecular formula is C38H34N12. The second kappa shape index (κ2) is 12.8. The van der Waals surface area contributed by atoms with Crippen molar-refractivity contribution in [1.29, 1.82) is 0 Å². The molecule has 0 aliphatic carbocycles. The van der Waals surface area contributed by atoms with Crippen molar-refractivity contribution in [3.63, 3.8) is 0 Å². The van der Waals surface area contributed by atoms with Gasteiger partial charge in [-0.3, -0.25) is 20.4 Å². The van der Waals surface area contributed by atoms with Crippen LogP contribution in [0.1, 0.15) is 11.1 Å². The molecule has 12 heteroatoms. The minimum absolute atomic E-state index is 0.492. The summed E-state index contributed by atoms with van der Waals surface area (Å²) in [5.74, 6) is 2.87. The van der Waals surface area contributed by atoms with Gasteiger partial charge in [-0.1, -0.05) is 72.8 Å². The first-order valence-electron chi connectivity index (χ1n) is 16.6. The van der Waals surface area contributed by atoms with Crippen LogP contribution in [0.25, 0.3) is 44.1 Å². The molecule has 0 amide bonds. The highest BCUT2D eigenvalue weighted by Gasteiger charge is 2.19. The number of imidazole rings is 4. The van der Waals surface area contributed by atoms with Crippen LogP contribution in [0.4, 0.5) is 23.8 Å². The number of rotatable bonds is 12. The normalized spacial score (nSPS) is 11.7. The molecule has 0 spiro atoms. The maximum absolute atomic E-state index is 4.86. The van der Waals surface area contributed by atoms with Gasteiger partial charge in [0.1, 0.15) is 0 Å². The smallest absolute Gasteiger partial charge is 0.211 e. The molecule has 0 atom stereocenters. The van der Waals surface area contributed by atoms with Gasteiger partial charge in [0, 0.05) is 13.1 Å². The van der Waals surface area contributed by atoms with Crippen LogP contribution in [-0.4, -0.2) is 53.2 Å². The van der Waals surface area contributed by atoms with Gasteiger partial charge in [0.05, 0.1) is 57.5 Å². The van der Waals surface area contributed by atoms with Crippen LogP contribution >= 0.6 is 0 Å². The van der Waals surface area contributed by atoms with Crippen LogP contribution in [0.15, 0.2) is 121 Å². The van der Waals surface area contributed by atoms with E-state index in [4.69, 9.17) is 19.9 Å². The van der Waals surface area contributed by atoms with Crippen molar-refractivity contribution in [3.8, 4) is 0 Å². The zero-order valence-corrected chi connectivity index (χ0v) is 27.1. The van der Waals surface area contributed by atoms with Gasteiger partial charge in [0.15, 0.2) is 0 Å². The summed E-state index contributed by atoms with van der Waals surface area (Å²) in [5, 5.41) is 7.22. The van der Waals surface area contributed by atoms with E-state index in [1.165, 1.54) is 11.1 Å². The van der Waals surface area contributed by atoms with Crippen molar-refractivity contribution in [2.24, 2.45) is 0 Å². The Morgan fingerprint density at radius 3 is 1.04 bits per heavy atom. The standard InChI is InChI=1S/C38H34N12/c1-2-13-28-27(12-1)41-35(42-28)49(36-43-29-14-3-4-15-30(29)44-36)23-39-21-25-10-9-11-26(20-25)22-40-24-50(37-45-31-16-5-6-17-32(31)46-37)38-47-33-18-7-8-19-34(33)48-38/h1-20,39-40H,21-24H2,(H,41,42)(H,43,44)(H,45,46)(H,47,48). The topological polar surface area (TPSA) is 145 Å². The molecule has 9 rings (SSSR count). The molecule has 5 aromatic carbocycles. The maximum Gasteiger partial charge on any atom is 0.211 e. The van der Waals surface area contributed by atoms with E-state index in [2.05, 4.69) is 54.8 Å². The van der Waals surface area contributed by atoms with E-state index in [1.54, 1.807) is 0 Å². The number of hydrogen-bond donors (Lipinski definition) is 6. The summed E-state index contributed by atoms with van der Waals surface area (Å²) >= 11 is 0. The van der Waals surface area contributed by atoms with Crippen LogP contribution in [0.2, 0.25) is 0 Å². The number of H-pyrrole nitrogens is 4. The van der Waals surface area contributed by atoms with Gasteiger partial charge in [-0.2, -0.15) is 0 Å². The second-order valence-corrected chi connectivity index (χ2v) is 12.2. The fourth-order valence-electron chi connectivity index (χ4n) is 6.24. The molecule has 4 heterocycles. The molecular weight excluding hydrogens is 625 g/mol. The minimum Gasteiger partial charge on any atom is -0.324 e. The molecule has 4 aromatic heterocycles. The van der Waals surface area contributed by atoms with Crippen molar-refractivity contribution in [2.45, 2.75) is 13.1 Å². The Labute approximate surface area is 286 Å². The van der Waals surface area contributed by atoms with Gasteiger partial charge in [-0.25, -0.2) is 19.9 Å². The number of nitrogens with one attached hydrogen (secondary N) is 6. The molecule has 0 saturated heterocycles. The minimum atomic E-state index is 0.492. The fraction of sp³-hybridized carbons (Fsp3) is 0.105. The van der Waals surface area contributed by atoms with Crippen molar-refractivity contribution in [2.75, 3.05) is 23.1 Å². The van der Waals surface area contributed by atoms with Gasteiger partial charge in [-0.05, 0) is 59.7 Å². The summed E-state index contributed by atoms with van der Waals surface area (Å²) in [6.07, 6.45) is 0. The van der Waals surface area contributed by atoms with E-state index >= 15 is 0 Å². The summed E-state index contributed by atoms with van der Waals surface area (Å²) in [5.41, 5.74) is 9.86. The number of nitrogens with zero attached hydrogens (tertiary/aromatic N) is 6. The summed E-state index contributed by atoms with van der Waals surface area (Å²) in [4.78, 5) is 37.3. The Balaban J connectivity index is 0.899. The zero-order valence-electron chi connectivity index (χ0n) is 27.1. The second-order valence-electron chi connectivity index (χ2n) is 12.2. The predicted octanol–water partition coefficient (Wildman–Crippen LogP) is 6.96. The Morgan fingerprint density at radius 1 is 0.400 bits per heavy atom. The van der Waals surface area contributed by atoms with E-state index in [9.17, 15) is 0 Å². The number of benzene rings is 5. The molecule has 9 aromatic rings. The summed E-state index contributed by atoms with van der Waals surface area (Å²) < 4.78 is 0. The number of aromatic nitrogens is 8. The van der Waals surface area contributed by atoms with Crippen LogP contribution in [0, 0.1) is 0 Å². The first-order valence-corrected chi connectivity index (χ1v) is 16.6. The average molecular weight is 659 g/mol. The van der Waals surface area contributed by atoms with E-state index in [1.807, 2.05) is 107 Å². The Kier molecular flexibility index (Phi) is 7.61. The van der Waals surface area contributed by atoms with Crippen molar-refractivity contribution < 1.29 is 0 Å². The molecule has 0 aliphatic heterocycles. The summed E-state index contributed by atoms with van der Waals surface area (Å²) in [6.45, 7) is 2.31. The van der Waals surface area contributed by atoms with Crippen LogP contribution in [0.5, 0.6) is 0 Å².